The Morgan fingerprint density at radius 3 is 2.79 bits per heavy atom. The molecule has 1 N–H and O–H groups in total. The number of aromatic carboxylic acids is 1. The number of carbonyl (C=O) groups is 1. The summed E-state index contributed by atoms with van der Waals surface area (Å²) in [5.74, 6) is -3.46. The molecule has 0 bridgehead atoms. The second-order valence-electron chi connectivity index (χ2n) is 4.68. The number of rotatable bonds is 1. The number of carboxylic acid groups (broad SMARTS) is 1. The van der Waals surface area contributed by atoms with Crippen molar-refractivity contribution in [2.45, 2.75) is 19.4 Å². The van der Waals surface area contributed by atoms with E-state index in [1.165, 1.54) is 10.8 Å². The lowest BCUT2D eigenvalue weighted by Crippen LogP contribution is -2.18. The third-order valence-electron chi connectivity index (χ3n) is 3.51. The highest BCUT2D eigenvalue weighted by atomic mass is 19.2. The quantitative estimate of drug-likeness (QED) is 0.859. The van der Waals surface area contributed by atoms with E-state index in [2.05, 4.69) is 0 Å². The smallest absolute Gasteiger partial charge is 0.341 e. The lowest BCUT2D eigenvalue weighted by molar-refractivity contribution is 0.0695. The summed E-state index contributed by atoms with van der Waals surface area (Å²) in [7, 11) is 0. The van der Waals surface area contributed by atoms with Gasteiger partial charge in [0.15, 0.2) is 11.6 Å². The maximum Gasteiger partial charge on any atom is 0.341 e. The number of aromatic nitrogens is 1. The molecule has 6 heteroatoms. The maximum atomic E-state index is 13.7. The average molecular weight is 265 g/mol. The molecule has 98 valence electrons. The van der Waals surface area contributed by atoms with Crippen LogP contribution >= 0.6 is 0 Å². The Labute approximate surface area is 105 Å². The minimum atomic E-state index is -1.37. The van der Waals surface area contributed by atoms with Gasteiger partial charge in [-0.05, 0) is 19.4 Å². The van der Waals surface area contributed by atoms with E-state index in [9.17, 15) is 18.4 Å². The molecule has 0 unspecified atom stereocenters. The zero-order valence-electron chi connectivity index (χ0n) is 9.91. The van der Waals surface area contributed by atoms with E-state index < -0.39 is 28.6 Å². The van der Waals surface area contributed by atoms with Gasteiger partial charge in [0.05, 0.1) is 5.52 Å². The standard InChI is InChI=1S/C13H9F2NO3/c1-5-2-6-10(15)9(14)3-7-11(6)16(5)4-8(12(7)17)13(18)19/h3-5H,2H2,1H3,(H,18,19)/t5-/m0/s1. The van der Waals surface area contributed by atoms with Crippen LogP contribution in [0.4, 0.5) is 8.78 Å². The predicted octanol–water partition coefficient (Wildman–Crippen LogP) is 2.09. The van der Waals surface area contributed by atoms with Crippen LogP contribution in [0.5, 0.6) is 0 Å². The van der Waals surface area contributed by atoms with Gasteiger partial charge in [-0.3, -0.25) is 4.79 Å². The van der Waals surface area contributed by atoms with Crippen LogP contribution in [-0.2, 0) is 6.42 Å². The number of nitrogens with zero attached hydrogens (tertiary/aromatic N) is 1. The first-order valence-corrected chi connectivity index (χ1v) is 5.71. The van der Waals surface area contributed by atoms with Crippen molar-refractivity contribution in [3.63, 3.8) is 0 Å². The molecule has 0 radical (unpaired) electrons. The van der Waals surface area contributed by atoms with Crippen molar-refractivity contribution >= 4 is 16.9 Å². The van der Waals surface area contributed by atoms with Crippen molar-refractivity contribution < 1.29 is 18.7 Å². The van der Waals surface area contributed by atoms with Crippen molar-refractivity contribution in [2.24, 2.45) is 0 Å². The molecule has 0 amide bonds. The lowest BCUT2D eigenvalue weighted by atomic mass is 10.1. The van der Waals surface area contributed by atoms with E-state index in [-0.39, 0.29) is 23.4 Å². The Balaban J connectivity index is 2.57. The van der Waals surface area contributed by atoms with Crippen molar-refractivity contribution in [3.05, 3.63) is 45.2 Å². The van der Waals surface area contributed by atoms with Gasteiger partial charge in [-0.25, -0.2) is 13.6 Å². The third kappa shape index (κ3) is 1.43. The van der Waals surface area contributed by atoms with Crippen LogP contribution in [0.15, 0.2) is 17.1 Å². The zero-order chi connectivity index (χ0) is 13.9. The number of carboxylic acids is 1. The van der Waals surface area contributed by atoms with Gasteiger partial charge in [-0.15, -0.1) is 0 Å². The molecular formula is C13H9F2NO3. The molecule has 0 saturated carbocycles. The highest BCUT2D eigenvalue weighted by Gasteiger charge is 2.28. The maximum absolute atomic E-state index is 13.7. The minimum absolute atomic E-state index is 0.0850. The van der Waals surface area contributed by atoms with Crippen LogP contribution < -0.4 is 5.43 Å². The first kappa shape index (κ1) is 11.8. The average Bonchev–Trinajstić information content (AvgIpc) is 2.67. The molecular weight excluding hydrogens is 256 g/mol. The topological polar surface area (TPSA) is 59.3 Å². The van der Waals surface area contributed by atoms with Crippen LogP contribution in [-0.4, -0.2) is 15.6 Å². The van der Waals surface area contributed by atoms with E-state index in [0.717, 1.165) is 6.07 Å². The fourth-order valence-corrected chi connectivity index (χ4v) is 2.62. The number of halogens is 2. The summed E-state index contributed by atoms with van der Waals surface area (Å²) in [4.78, 5) is 23.0. The van der Waals surface area contributed by atoms with Gasteiger partial charge in [0.1, 0.15) is 5.56 Å². The Bertz CT molecular complexity index is 795. The Morgan fingerprint density at radius 2 is 2.16 bits per heavy atom. The fraction of sp³-hybridized carbons (Fsp3) is 0.231. The zero-order valence-corrected chi connectivity index (χ0v) is 9.91. The second-order valence-corrected chi connectivity index (χ2v) is 4.68. The molecule has 1 aliphatic rings. The van der Waals surface area contributed by atoms with Crippen molar-refractivity contribution in [2.75, 3.05) is 0 Å². The number of benzene rings is 1. The Hall–Kier alpha value is -2.24. The Morgan fingerprint density at radius 1 is 1.47 bits per heavy atom. The third-order valence-corrected chi connectivity index (χ3v) is 3.51. The molecule has 19 heavy (non-hydrogen) atoms. The van der Waals surface area contributed by atoms with E-state index in [1.807, 2.05) is 0 Å². The van der Waals surface area contributed by atoms with E-state index in [1.54, 1.807) is 6.92 Å². The SMILES string of the molecule is C[C@H]1Cc2c(F)c(F)cc3c(=O)c(C(=O)O)cn1c23. The van der Waals surface area contributed by atoms with Crippen LogP contribution in [0.1, 0.15) is 28.9 Å². The number of hydrogen-bond acceptors (Lipinski definition) is 2. The molecule has 1 aromatic heterocycles. The van der Waals surface area contributed by atoms with Crippen LogP contribution in [0.25, 0.3) is 10.9 Å². The lowest BCUT2D eigenvalue weighted by Gasteiger charge is -2.10. The molecule has 4 nitrogen and oxygen atoms in total. The summed E-state index contributed by atoms with van der Waals surface area (Å²) < 4.78 is 28.7. The number of hydrogen-bond donors (Lipinski definition) is 1. The molecule has 0 aliphatic carbocycles. The molecule has 1 aliphatic heterocycles. The van der Waals surface area contributed by atoms with Crippen molar-refractivity contribution in [1.29, 1.82) is 0 Å². The monoisotopic (exact) mass is 265 g/mol. The van der Waals surface area contributed by atoms with E-state index >= 15 is 0 Å². The largest absolute Gasteiger partial charge is 0.477 e. The summed E-state index contributed by atoms with van der Waals surface area (Å²) in [5, 5.41) is 8.91. The number of pyridine rings is 1. The molecule has 3 rings (SSSR count). The molecule has 2 aromatic rings. The van der Waals surface area contributed by atoms with Crippen LogP contribution in [0.3, 0.4) is 0 Å². The first-order chi connectivity index (χ1) is 8.91. The van der Waals surface area contributed by atoms with Gasteiger partial charge in [-0.1, -0.05) is 0 Å². The summed E-state index contributed by atoms with van der Waals surface area (Å²) in [6, 6.07) is 0.560. The summed E-state index contributed by atoms with van der Waals surface area (Å²) in [6.07, 6.45) is 1.44. The molecule has 0 fully saturated rings. The van der Waals surface area contributed by atoms with Crippen LogP contribution in [0.2, 0.25) is 0 Å². The molecule has 0 spiro atoms. The Kier molecular flexibility index (Phi) is 2.26. The molecule has 1 atom stereocenters. The van der Waals surface area contributed by atoms with Crippen molar-refractivity contribution in [3.8, 4) is 0 Å². The minimum Gasteiger partial charge on any atom is -0.477 e. The summed E-state index contributed by atoms with van der Waals surface area (Å²) in [5.41, 5.74) is -0.788. The van der Waals surface area contributed by atoms with Gasteiger partial charge in [0.25, 0.3) is 0 Å². The normalized spacial score (nSPS) is 17.1. The van der Waals surface area contributed by atoms with Gasteiger partial charge in [0, 0.05) is 23.2 Å². The first-order valence-electron chi connectivity index (χ1n) is 5.71. The van der Waals surface area contributed by atoms with Gasteiger partial charge < -0.3 is 9.67 Å². The molecule has 0 saturated heterocycles. The summed E-state index contributed by atoms with van der Waals surface area (Å²) >= 11 is 0. The van der Waals surface area contributed by atoms with E-state index in [0.29, 0.717) is 5.52 Å². The molecule has 1 aromatic carbocycles. The van der Waals surface area contributed by atoms with Crippen LogP contribution in [0, 0.1) is 11.6 Å². The fourth-order valence-electron chi connectivity index (χ4n) is 2.62. The van der Waals surface area contributed by atoms with E-state index in [4.69, 9.17) is 5.11 Å². The van der Waals surface area contributed by atoms with Gasteiger partial charge in [0.2, 0.25) is 5.43 Å². The highest BCUT2D eigenvalue weighted by Crippen LogP contribution is 2.34. The second kappa shape index (κ2) is 3.63. The predicted molar refractivity (Wildman–Crippen MR) is 63.5 cm³/mol. The van der Waals surface area contributed by atoms with Gasteiger partial charge in [-0.2, -0.15) is 0 Å². The van der Waals surface area contributed by atoms with Crippen molar-refractivity contribution in [1.82, 2.24) is 4.57 Å². The summed E-state index contributed by atoms with van der Waals surface area (Å²) in [6.45, 7) is 1.76. The van der Waals surface area contributed by atoms with Gasteiger partial charge >= 0.3 is 5.97 Å². The highest BCUT2D eigenvalue weighted by molar-refractivity contribution is 5.94. The molecule has 2 heterocycles.